The molecule has 0 aromatic heterocycles. The lowest BCUT2D eigenvalue weighted by molar-refractivity contribution is -0.284. The highest BCUT2D eigenvalue weighted by Gasteiger charge is 2.70. The van der Waals surface area contributed by atoms with Gasteiger partial charge in [-0.15, -0.1) is 0 Å². The van der Waals surface area contributed by atoms with Crippen molar-refractivity contribution in [2.45, 2.75) is 135 Å². The van der Waals surface area contributed by atoms with Gasteiger partial charge in [-0.05, 0) is 107 Å². The average Bonchev–Trinajstić information content (AvgIpc) is 3.18. The topological polar surface area (TPSA) is 134 Å². The first-order valence-corrected chi connectivity index (χ1v) is 15.2. The van der Waals surface area contributed by atoms with E-state index in [0.717, 1.165) is 25.7 Å². The monoisotopic (exact) mass is 552 g/mol. The summed E-state index contributed by atoms with van der Waals surface area (Å²) in [4.78, 5) is 24.2. The number of aliphatic hydroxyl groups is 4. The van der Waals surface area contributed by atoms with E-state index in [1.165, 1.54) is 13.8 Å². The lowest BCUT2D eigenvalue weighted by Crippen LogP contribution is -2.71. The van der Waals surface area contributed by atoms with Gasteiger partial charge in [-0.25, -0.2) is 0 Å². The molecule has 11 atom stereocenters. The van der Waals surface area contributed by atoms with Gasteiger partial charge in [0.15, 0.2) is 0 Å². The number of aliphatic hydroxyl groups excluding tert-OH is 2. The van der Waals surface area contributed by atoms with E-state index in [1.54, 1.807) is 13.8 Å². The second kappa shape index (κ2) is 10.9. The van der Waals surface area contributed by atoms with Crippen LogP contribution >= 0.6 is 0 Å². The molecule has 4 N–H and O–H groups in total. The highest BCUT2D eigenvalue weighted by molar-refractivity contribution is 5.66. The molecule has 8 nitrogen and oxygen atoms in total. The van der Waals surface area contributed by atoms with Crippen LogP contribution in [0.15, 0.2) is 0 Å². The van der Waals surface area contributed by atoms with Gasteiger partial charge in [0.1, 0.15) is 17.8 Å². The average molecular weight is 553 g/mol. The number of ether oxygens (including phenoxy) is 2. The Morgan fingerprint density at radius 3 is 2.33 bits per heavy atom. The molecule has 39 heavy (non-hydrogen) atoms. The van der Waals surface area contributed by atoms with Gasteiger partial charge < -0.3 is 29.9 Å². The molecule has 8 heteroatoms. The van der Waals surface area contributed by atoms with Crippen LogP contribution < -0.4 is 0 Å². The van der Waals surface area contributed by atoms with E-state index in [0.29, 0.717) is 43.9 Å². The fraction of sp³-hybridized carbons (Fsp3) is 0.935. The Kier molecular flexibility index (Phi) is 8.57. The van der Waals surface area contributed by atoms with Crippen molar-refractivity contribution in [1.29, 1.82) is 0 Å². The fourth-order valence-electron chi connectivity index (χ4n) is 9.99. The van der Waals surface area contributed by atoms with E-state index in [9.17, 15) is 30.0 Å². The van der Waals surface area contributed by atoms with Crippen LogP contribution in [0.2, 0.25) is 0 Å². The van der Waals surface area contributed by atoms with Crippen molar-refractivity contribution in [2.24, 2.45) is 40.4 Å². The van der Waals surface area contributed by atoms with Crippen LogP contribution in [-0.2, 0) is 19.1 Å². The largest absolute Gasteiger partial charge is 0.462 e. The Hall–Kier alpha value is -1.22. The number of hydrogen-bond acceptors (Lipinski definition) is 8. The molecule has 4 aliphatic carbocycles. The van der Waals surface area contributed by atoms with Gasteiger partial charge in [-0.1, -0.05) is 13.8 Å². The quantitative estimate of drug-likeness (QED) is 0.335. The van der Waals surface area contributed by atoms with Crippen molar-refractivity contribution >= 4 is 11.9 Å². The number of hydrogen-bond donors (Lipinski definition) is 4. The Morgan fingerprint density at radius 1 is 1.05 bits per heavy atom. The lowest BCUT2D eigenvalue weighted by atomic mass is 9.42. The number of carbonyl (C=O) groups excluding carboxylic acids is 2. The third kappa shape index (κ3) is 5.40. The molecule has 0 bridgehead atoms. The standard InChI is InChI=1S/C31H52O8/c1-18(26(38-19(2)33)11-12-28(4,5)36)23-7-8-24-22-15-27(39-20(3)34)31(37)16-21(35)9-14-30(31,17-32)25(22)10-13-29(23,24)6/h18,21-27,32,35-37H,7-17H2,1-6H3. The Bertz CT molecular complexity index is 915. The van der Waals surface area contributed by atoms with Crippen molar-refractivity contribution in [3.63, 3.8) is 0 Å². The Balaban J connectivity index is 1.64. The first-order valence-electron chi connectivity index (χ1n) is 15.2. The molecule has 0 aliphatic heterocycles. The van der Waals surface area contributed by atoms with Crippen molar-refractivity contribution < 1.29 is 39.5 Å². The molecule has 0 aromatic rings. The SMILES string of the molecule is CC(=O)OC(CCC(C)(C)O)C(C)C1CCC2C3CC(OC(C)=O)C4(O)CC(O)CCC4(CO)C3CCC12C. The second-order valence-corrected chi connectivity index (χ2v) is 14.4. The first kappa shape index (κ1) is 30.7. The maximum absolute atomic E-state index is 12.2. The summed E-state index contributed by atoms with van der Waals surface area (Å²) in [7, 11) is 0. The van der Waals surface area contributed by atoms with Crippen LogP contribution in [-0.4, -0.2) is 68.5 Å². The van der Waals surface area contributed by atoms with Gasteiger partial charge in [0.25, 0.3) is 0 Å². The summed E-state index contributed by atoms with van der Waals surface area (Å²) in [5, 5.41) is 43.9. The maximum Gasteiger partial charge on any atom is 0.303 e. The molecule has 4 aliphatic rings. The third-order valence-corrected chi connectivity index (χ3v) is 11.7. The molecule has 0 spiro atoms. The number of carbonyl (C=O) groups is 2. The fourth-order valence-corrected chi connectivity index (χ4v) is 9.99. The van der Waals surface area contributed by atoms with Gasteiger partial charge in [0, 0.05) is 25.7 Å². The highest BCUT2D eigenvalue weighted by Crippen LogP contribution is 2.69. The summed E-state index contributed by atoms with van der Waals surface area (Å²) in [6.07, 6.45) is 4.89. The minimum atomic E-state index is -1.46. The van der Waals surface area contributed by atoms with Crippen molar-refractivity contribution in [3.8, 4) is 0 Å². The number of fused-ring (bicyclic) bond motifs is 5. The minimum Gasteiger partial charge on any atom is -0.462 e. The molecule has 0 saturated heterocycles. The van der Waals surface area contributed by atoms with Crippen molar-refractivity contribution in [2.75, 3.05) is 6.61 Å². The molecule has 4 fully saturated rings. The molecule has 224 valence electrons. The van der Waals surface area contributed by atoms with Crippen LogP contribution in [0.4, 0.5) is 0 Å². The summed E-state index contributed by atoms with van der Waals surface area (Å²) in [5.74, 6) is 0.270. The smallest absolute Gasteiger partial charge is 0.303 e. The van der Waals surface area contributed by atoms with Crippen molar-refractivity contribution in [1.82, 2.24) is 0 Å². The van der Waals surface area contributed by atoms with E-state index in [2.05, 4.69) is 13.8 Å². The molecule has 0 heterocycles. The predicted molar refractivity (Wildman–Crippen MR) is 145 cm³/mol. The second-order valence-electron chi connectivity index (χ2n) is 14.4. The summed E-state index contributed by atoms with van der Waals surface area (Å²) >= 11 is 0. The predicted octanol–water partition coefficient (Wildman–Crippen LogP) is 3.75. The summed E-state index contributed by atoms with van der Waals surface area (Å²) < 4.78 is 11.6. The van der Waals surface area contributed by atoms with Gasteiger partial charge in [0.2, 0.25) is 0 Å². The zero-order valence-corrected chi connectivity index (χ0v) is 24.8. The summed E-state index contributed by atoms with van der Waals surface area (Å²) in [6.45, 7) is 10.7. The number of esters is 2. The zero-order chi connectivity index (χ0) is 29.0. The molecule has 0 amide bonds. The maximum atomic E-state index is 12.2. The van der Waals surface area contributed by atoms with Gasteiger partial charge in [-0.3, -0.25) is 9.59 Å². The van der Waals surface area contributed by atoms with E-state index in [4.69, 9.17) is 9.47 Å². The molecular weight excluding hydrogens is 500 g/mol. The summed E-state index contributed by atoms with van der Waals surface area (Å²) in [5.41, 5.74) is -3.13. The molecule has 4 saturated carbocycles. The van der Waals surface area contributed by atoms with E-state index in [1.807, 2.05) is 0 Å². The molecule has 0 aromatic carbocycles. The van der Waals surface area contributed by atoms with Crippen LogP contribution in [0.5, 0.6) is 0 Å². The van der Waals surface area contributed by atoms with Gasteiger partial charge in [-0.2, -0.15) is 0 Å². The van der Waals surface area contributed by atoms with E-state index < -0.39 is 34.8 Å². The Morgan fingerprint density at radius 2 is 1.74 bits per heavy atom. The van der Waals surface area contributed by atoms with Crippen LogP contribution in [0, 0.1) is 40.4 Å². The first-order chi connectivity index (χ1) is 18.1. The third-order valence-electron chi connectivity index (χ3n) is 11.7. The molecule has 0 radical (unpaired) electrons. The highest BCUT2D eigenvalue weighted by atomic mass is 16.6. The normalized spacial score (nSPS) is 43.4. The van der Waals surface area contributed by atoms with E-state index >= 15 is 0 Å². The lowest BCUT2D eigenvalue weighted by Gasteiger charge is -2.66. The molecule has 11 unspecified atom stereocenters. The van der Waals surface area contributed by atoms with E-state index in [-0.39, 0.29) is 48.3 Å². The zero-order valence-electron chi connectivity index (χ0n) is 24.8. The van der Waals surface area contributed by atoms with Crippen LogP contribution in [0.1, 0.15) is 106 Å². The van der Waals surface area contributed by atoms with Gasteiger partial charge >= 0.3 is 11.9 Å². The molecule has 4 rings (SSSR count). The van der Waals surface area contributed by atoms with Crippen molar-refractivity contribution in [3.05, 3.63) is 0 Å². The summed E-state index contributed by atoms with van der Waals surface area (Å²) in [6, 6.07) is 0. The number of rotatable bonds is 8. The van der Waals surface area contributed by atoms with Crippen LogP contribution in [0.3, 0.4) is 0 Å². The minimum absolute atomic E-state index is 0.0191. The molecular formula is C31H52O8. The van der Waals surface area contributed by atoms with Gasteiger partial charge in [0.05, 0.1) is 18.3 Å². The van der Waals surface area contributed by atoms with Crippen LogP contribution in [0.25, 0.3) is 0 Å². The Labute approximate surface area is 233 Å².